The number of hydrogen-bond donors (Lipinski definition) is 1. The first-order valence-electron chi connectivity index (χ1n) is 8.08. The summed E-state index contributed by atoms with van der Waals surface area (Å²) in [6, 6.07) is 5.96. The molecule has 2 aromatic rings. The van der Waals surface area contributed by atoms with Crippen molar-refractivity contribution in [2.75, 3.05) is 13.6 Å². The molecule has 1 aliphatic heterocycles. The van der Waals surface area contributed by atoms with Crippen molar-refractivity contribution in [3.05, 3.63) is 57.8 Å². The van der Waals surface area contributed by atoms with Crippen molar-refractivity contribution in [2.45, 2.75) is 19.0 Å². The van der Waals surface area contributed by atoms with Crippen molar-refractivity contribution in [1.82, 2.24) is 15.1 Å². The number of nitrogens with one attached hydrogen (secondary N) is 1. The number of imide groups is 1. The molecule has 142 valence electrons. The van der Waals surface area contributed by atoms with E-state index in [-0.39, 0.29) is 5.56 Å². The number of urea groups is 1. The molecule has 1 aliphatic rings. The van der Waals surface area contributed by atoms with E-state index in [1.807, 2.05) is 17.5 Å². The quantitative estimate of drug-likeness (QED) is 0.794. The van der Waals surface area contributed by atoms with Gasteiger partial charge in [-0.05, 0) is 36.1 Å². The third-order valence-electron chi connectivity index (χ3n) is 4.46. The zero-order valence-electron chi connectivity index (χ0n) is 14.7. The summed E-state index contributed by atoms with van der Waals surface area (Å²) in [5.41, 5.74) is -1.47. The molecule has 0 spiro atoms. The maximum Gasteiger partial charge on any atom is 0.325 e. The number of benzene rings is 1. The molecule has 0 saturated carbocycles. The average molecular weight is 393 g/mol. The molecule has 1 aromatic carbocycles. The van der Waals surface area contributed by atoms with Crippen LogP contribution >= 0.6 is 11.3 Å². The summed E-state index contributed by atoms with van der Waals surface area (Å²) in [4.78, 5) is 40.6. The number of nitrogens with zero attached hydrogens (tertiary/aromatic N) is 2. The summed E-state index contributed by atoms with van der Waals surface area (Å²) in [6.07, 6.45) is 0. The minimum atomic E-state index is -1.57. The summed E-state index contributed by atoms with van der Waals surface area (Å²) >= 11 is 1.49. The molecule has 9 heteroatoms. The summed E-state index contributed by atoms with van der Waals surface area (Å²) < 4.78 is 26.7. The van der Waals surface area contributed by atoms with Crippen LogP contribution in [0, 0.1) is 11.6 Å². The van der Waals surface area contributed by atoms with Crippen LogP contribution < -0.4 is 5.32 Å². The summed E-state index contributed by atoms with van der Waals surface area (Å²) in [7, 11) is 1.58. The fourth-order valence-electron chi connectivity index (χ4n) is 2.82. The third kappa shape index (κ3) is 3.55. The van der Waals surface area contributed by atoms with E-state index >= 15 is 0 Å². The molecule has 27 heavy (non-hydrogen) atoms. The van der Waals surface area contributed by atoms with E-state index in [4.69, 9.17) is 0 Å². The van der Waals surface area contributed by atoms with Gasteiger partial charge in [-0.15, -0.1) is 11.3 Å². The number of thiophene rings is 1. The Balaban J connectivity index is 1.75. The number of carbonyl (C=O) groups is 3. The van der Waals surface area contributed by atoms with Gasteiger partial charge in [-0.3, -0.25) is 14.5 Å². The predicted molar refractivity (Wildman–Crippen MR) is 94.7 cm³/mol. The van der Waals surface area contributed by atoms with Crippen LogP contribution in [0.3, 0.4) is 0 Å². The van der Waals surface area contributed by atoms with Gasteiger partial charge >= 0.3 is 6.03 Å². The Morgan fingerprint density at radius 3 is 2.63 bits per heavy atom. The lowest BCUT2D eigenvalue weighted by Gasteiger charge is -2.23. The Hall–Kier alpha value is -2.81. The van der Waals surface area contributed by atoms with Gasteiger partial charge in [0, 0.05) is 11.9 Å². The monoisotopic (exact) mass is 393 g/mol. The zero-order chi connectivity index (χ0) is 19.8. The Morgan fingerprint density at radius 2 is 2.00 bits per heavy atom. The molecule has 1 N–H and O–H groups in total. The molecule has 3 rings (SSSR count). The lowest BCUT2D eigenvalue weighted by atomic mass is 9.92. The van der Waals surface area contributed by atoms with Gasteiger partial charge in [-0.2, -0.15) is 0 Å². The van der Waals surface area contributed by atoms with Gasteiger partial charge in [0.1, 0.15) is 12.1 Å². The first kappa shape index (κ1) is 19.0. The van der Waals surface area contributed by atoms with Crippen LogP contribution in [-0.4, -0.2) is 41.2 Å². The van der Waals surface area contributed by atoms with Crippen LogP contribution in [0.1, 0.15) is 17.4 Å². The molecule has 0 aliphatic carbocycles. The van der Waals surface area contributed by atoms with Crippen LogP contribution in [-0.2, 0) is 21.7 Å². The van der Waals surface area contributed by atoms with E-state index < -0.39 is 41.6 Å². The van der Waals surface area contributed by atoms with Crippen LogP contribution in [0.4, 0.5) is 13.6 Å². The maximum atomic E-state index is 13.5. The van der Waals surface area contributed by atoms with E-state index in [2.05, 4.69) is 5.32 Å². The molecule has 6 nitrogen and oxygen atoms in total. The fourth-order valence-corrected chi connectivity index (χ4v) is 3.58. The molecule has 1 fully saturated rings. The number of hydrogen-bond acceptors (Lipinski definition) is 4. The second-order valence-corrected chi connectivity index (χ2v) is 7.44. The van der Waals surface area contributed by atoms with Crippen molar-refractivity contribution in [3.8, 4) is 0 Å². The van der Waals surface area contributed by atoms with E-state index in [9.17, 15) is 23.2 Å². The minimum Gasteiger partial charge on any atom is -0.339 e. The van der Waals surface area contributed by atoms with Crippen molar-refractivity contribution >= 4 is 29.2 Å². The minimum absolute atomic E-state index is 0.0987. The first-order valence-corrected chi connectivity index (χ1v) is 8.96. The number of amides is 4. The van der Waals surface area contributed by atoms with Gasteiger partial charge in [0.15, 0.2) is 11.6 Å². The van der Waals surface area contributed by atoms with Gasteiger partial charge in [0.25, 0.3) is 5.91 Å². The van der Waals surface area contributed by atoms with Gasteiger partial charge in [0.05, 0.1) is 6.54 Å². The SMILES string of the molecule is CN(Cc1cccs1)C(=O)CN1C(=O)N[C@](C)(c2ccc(F)c(F)c2)C1=O. The summed E-state index contributed by atoms with van der Waals surface area (Å²) in [5.74, 6) is -3.29. The Labute approximate surface area is 158 Å². The molecular weight excluding hydrogens is 376 g/mol. The Kier molecular flexibility index (Phi) is 4.97. The standard InChI is InChI=1S/C18H17F2N3O3S/c1-18(11-5-6-13(19)14(20)8-11)16(25)23(17(26)21-18)10-15(24)22(2)9-12-4-3-7-27-12/h3-8H,9-10H2,1-2H3,(H,21,26)/t18-/m1/s1. The zero-order valence-corrected chi connectivity index (χ0v) is 15.5. The second kappa shape index (κ2) is 7.07. The largest absolute Gasteiger partial charge is 0.339 e. The van der Waals surface area contributed by atoms with Crippen LogP contribution in [0.15, 0.2) is 35.7 Å². The predicted octanol–water partition coefficient (Wildman–Crippen LogP) is 2.45. The normalized spacial score (nSPS) is 19.3. The van der Waals surface area contributed by atoms with E-state index in [0.29, 0.717) is 6.54 Å². The molecule has 2 heterocycles. The highest BCUT2D eigenvalue weighted by Crippen LogP contribution is 2.29. The maximum absolute atomic E-state index is 13.5. The Morgan fingerprint density at radius 1 is 1.26 bits per heavy atom. The van der Waals surface area contributed by atoms with Crippen molar-refractivity contribution < 1.29 is 23.2 Å². The van der Waals surface area contributed by atoms with Crippen LogP contribution in [0.2, 0.25) is 0 Å². The number of halogens is 2. The molecule has 0 bridgehead atoms. The molecule has 1 aromatic heterocycles. The van der Waals surface area contributed by atoms with Gasteiger partial charge in [0.2, 0.25) is 5.91 Å². The molecule has 1 saturated heterocycles. The third-order valence-corrected chi connectivity index (χ3v) is 5.33. The first-order chi connectivity index (χ1) is 12.7. The van der Waals surface area contributed by atoms with Crippen molar-refractivity contribution in [2.24, 2.45) is 0 Å². The van der Waals surface area contributed by atoms with Crippen molar-refractivity contribution in [3.63, 3.8) is 0 Å². The average Bonchev–Trinajstić information content (AvgIpc) is 3.20. The van der Waals surface area contributed by atoms with Gasteiger partial charge in [-0.1, -0.05) is 12.1 Å². The van der Waals surface area contributed by atoms with Crippen molar-refractivity contribution in [1.29, 1.82) is 0 Å². The highest BCUT2D eigenvalue weighted by Gasteiger charge is 2.49. The molecule has 4 amide bonds. The van der Waals surface area contributed by atoms with E-state index in [0.717, 1.165) is 21.9 Å². The Bertz CT molecular complexity index is 903. The van der Waals surface area contributed by atoms with Gasteiger partial charge in [-0.25, -0.2) is 13.6 Å². The highest BCUT2D eigenvalue weighted by molar-refractivity contribution is 7.09. The van der Waals surface area contributed by atoms with E-state index in [1.54, 1.807) is 7.05 Å². The molecular formula is C18H17F2N3O3S. The van der Waals surface area contributed by atoms with Gasteiger partial charge < -0.3 is 10.2 Å². The van der Waals surface area contributed by atoms with Crippen LogP contribution in [0.25, 0.3) is 0 Å². The topological polar surface area (TPSA) is 69.7 Å². The summed E-state index contributed by atoms with van der Waals surface area (Å²) in [6.45, 7) is 1.31. The fraction of sp³-hybridized carbons (Fsp3) is 0.278. The number of likely N-dealkylation sites (N-methyl/N-ethyl adjacent to an activating group) is 1. The molecule has 0 unspecified atom stereocenters. The lowest BCUT2D eigenvalue weighted by molar-refractivity contribution is -0.138. The lowest BCUT2D eigenvalue weighted by Crippen LogP contribution is -2.43. The molecule has 0 radical (unpaired) electrons. The molecule has 1 atom stereocenters. The number of rotatable bonds is 5. The van der Waals surface area contributed by atoms with Crippen LogP contribution in [0.5, 0.6) is 0 Å². The smallest absolute Gasteiger partial charge is 0.325 e. The summed E-state index contributed by atoms with van der Waals surface area (Å²) in [5, 5.41) is 4.35. The number of carbonyl (C=O) groups excluding carboxylic acids is 3. The highest BCUT2D eigenvalue weighted by atomic mass is 32.1. The second-order valence-electron chi connectivity index (χ2n) is 6.40. The van der Waals surface area contributed by atoms with E-state index in [1.165, 1.54) is 29.2 Å².